The van der Waals surface area contributed by atoms with Crippen LogP contribution in [-0.2, 0) is 0 Å². The second-order valence-electron chi connectivity index (χ2n) is 8.04. The van der Waals surface area contributed by atoms with Crippen LogP contribution < -0.4 is 20.8 Å². The van der Waals surface area contributed by atoms with Crippen molar-refractivity contribution in [3.63, 3.8) is 0 Å². The third-order valence-corrected chi connectivity index (χ3v) is 5.14. The number of hydrogen-bond donors (Lipinski definition) is 3. The maximum atomic E-state index is 13.6. The molecular weight excluding hydrogens is 480 g/mol. The van der Waals surface area contributed by atoms with Crippen LogP contribution in [0.2, 0.25) is 5.02 Å². The van der Waals surface area contributed by atoms with Gasteiger partial charge in [-0.05, 0) is 24.1 Å². The Morgan fingerprint density at radius 1 is 1.09 bits per heavy atom. The Labute approximate surface area is 206 Å². The quantitative estimate of drug-likeness (QED) is 0.233. The molecule has 0 aliphatic rings. The number of alkyl halides is 2. The summed E-state index contributed by atoms with van der Waals surface area (Å²) in [7, 11) is 4.94. The van der Waals surface area contributed by atoms with Gasteiger partial charge in [0.05, 0.1) is 34.8 Å². The van der Waals surface area contributed by atoms with Crippen molar-refractivity contribution in [3.05, 3.63) is 52.2 Å². The topological polar surface area (TPSA) is 104 Å². The van der Waals surface area contributed by atoms with Gasteiger partial charge in [-0.15, -0.1) is 5.10 Å². The lowest BCUT2D eigenvalue weighted by Crippen LogP contribution is -2.22. The number of hydrogen-bond acceptors (Lipinski definition) is 9. The van der Waals surface area contributed by atoms with Gasteiger partial charge in [-0.25, -0.2) is 18.8 Å². The van der Waals surface area contributed by atoms with Crippen LogP contribution in [0.15, 0.2) is 30.3 Å². The lowest BCUT2D eigenvalue weighted by molar-refractivity contribution is 0.112. The van der Waals surface area contributed by atoms with Gasteiger partial charge in [0.2, 0.25) is 0 Å². The normalized spacial score (nSPS) is 11.2. The smallest absolute Gasteiger partial charge is 0.265 e. The molecule has 0 radical (unpaired) electrons. The monoisotopic (exact) mass is 505 g/mol. The maximum Gasteiger partial charge on any atom is 0.265 e. The number of aldehydes is 1. The van der Waals surface area contributed by atoms with E-state index in [1.165, 1.54) is 13.2 Å². The molecule has 3 N–H and O–H groups in total. The average molecular weight is 506 g/mol. The van der Waals surface area contributed by atoms with E-state index in [4.69, 9.17) is 16.3 Å². The fourth-order valence-corrected chi connectivity index (χ4v) is 3.58. The van der Waals surface area contributed by atoms with E-state index in [1.54, 1.807) is 57.2 Å². The average Bonchev–Trinajstić information content (AvgIpc) is 2.78. The number of ether oxygens (including phenoxy) is 1. The van der Waals surface area contributed by atoms with E-state index in [1.807, 2.05) is 0 Å². The SMILES string of the molecule is COc1c(Cl)cccc1Nc1cc(Nc2cc(C(F)F)c(C(C)C)nn2)nc(NN(C)C)c1C=O. The minimum atomic E-state index is -2.72. The number of aromatic nitrogens is 3. The van der Waals surface area contributed by atoms with Gasteiger partial charge in [-0.1, -0.05) is 31.5 Å². The molecule has 2 heterocycles. The Bertz CT molecular complexity index is 1210. The van der Waals surface area contributed by atoms with Gasteiger partial charge < -0.3 is 20.8 Å². The lowest BCUT2D eigenvalue weighted by atomic mass is 10.0. The van der Waals surface area contributed by atoms with E-state index in [-0.39, 0.29) is 40.2 Å². The summed E-state index contributed by atoms with van der Waals surface area (Å²) in [5.74, 6) is 0.703. The number of pyridine rings is 1. The summed E-state index contributed by atoms with van der Waals surface area (Å²) in [6, 6.07) is 7.92. The zero-order chi connectivity index (χ0) is 25.7. The van der Waals surface area contributed by atoms with Gasteiger partial charge in [0.15, 0.2) is 23.7 Å². The van der Waals surface area contributed by atoms with E-state index in [0.29, 0.717) is 28.4 Å². The first-order valence-electron chi connectivity index (χ1n) is 10.6. The first-order valence-corrected chi connectivity index (χ1v) is 11.0. The molecule has 0 aliphatic carbocycles. The largest absolute Gasteiger partial charge is 0.493 e. The van der Waals surface area contributed by atoms with E-state index in [9.17, 15) is 13.6 Å². The highest BCUT2D eigenvalue weighted by atomic mass is 35.5. The number of hydrazine groups is 1. The van der Waals surface area contributed by atoms with Gasteiger partial charge in [0.1, 0.15) is 5.82 Å². The van der Waals surface area contributed by atoms with Gasteiger partial charge in [0.25, 0.3) is 6.43 Å². The highest BCUT2D eigenvalue weighted by Gasteiger charge is 2.20. The summed E-state index contributed by atoms with van der Waals surface area (Å²) < 4.78 is 32.6. The zero-order valence-corrected chi connectivity index (χ0v) is 20.6. The van der Waals surface area contributed by atoms with Gasteiger partial charge in [-0.3, -0.25) is 4.79 Å². The van der Waals surface area contributed by atoms with Crippen molar-refractivity contribution >= 4 is 46.7 Å². The number of rotatable bonds is 10. The third-order valence-electron chi connectivity index (χ3n) is 4.84. The summed E-state index contributed by atoms with van der Waals surface area (Å²) in [5, 5.41) is 16.0. The number of anilines is 5. The molecule has 9 nitrogen and oxygen atoms in total. The minimum Gasteiger partial charge on any atom is -0.493 e. The van der Waals surface area contributed by atoms with Crippen LogP contribution in [0.4, 0.5) is 37.6 Å². The molecule has 0 unspecified atom stereocenters. The Morgan fingerprint density at radius 3 is 2.43 bits per heavy atom. The molecule has 0 amide bonds. The Morgan fingerprint density at radius 2 is 1.83 bits per heavy atom. The van der Waals surface area contributed by atoms with Gasteiger partial charge >= 0.3 is 0 Å². The predicted octanol–water partition coefficient (Wildman–Crippen LogP) is 5.78. The number of nitrogens with one attached hydrogen (secondary N) is 3. The minimum absolute atomic E-state index is 0.0816. The summed E-state index contributed by atoms with van der Waals surface area (Å²) in [6.45, 7) is 3.54. The fraction of sp³-hybridized carbons (Fsp3) is 0.304. The maximum absolute atomic E-state index is 13.6. The molecule has 1 aromatic carbocycles. The molecule has 12 heteroatoms. The Hall–Kier alpha value is -3.57. The molecule has 2 aromatic heterocycles. The highest BCUT2D eigenvalue weighted by Crippen LogP contribution is 2.37. The summed E-state index contributed by atoms with van der Waals surface area (Å²) in [5.41, 5.74) is 4.08. The molecule has 3 rings (SSSR count). The number of carbonyl (C=O) groups is 1. The fourth-order valence-electron chi connectivity index (χ4n) is 3.33. The summed E-state index contributed by atoms with van der Waals surface area (Å²) >= 11 is 6.23. The number of para-hydroxylation sites is 1. The second-order valence-corrected chi connectivity index (χ2v) is 8.44. The summed E-state index contributed by atoms with van der Waals surface area (Å²) in [4.78, 5) is 16.4. The molecule has 0 atom stereocenters. The second kappa shape index (κ2) is 11.2. The van der Waals surface area contributed by atoms with Crippen molar-refractivity contribution in [1.29, 1.82) is 0 Å². The molecule has 0 bridgehead atoms. The molecule has 3 aromatic rings. The highest BCUT2D eigenvalue weighted by molar-refractivity contribution is 6.32. The number of nitrogens with zero attached hydrogens (tertiary/aromatic N) is 4. The van der Waals surface area contributed by atoms with Crippen molar-refractivity contribution in [3.8, 4) is 5.75 Å². The van der Waals surface area contributed by atoms with Crippen molar-refractivity contribution in [2.45, 2.75) is 26.2 Å². The van der Waals surface area contributed by atoms with Crippen LogP contribution in [0, 0.1) is 0 Å². The molecule has 0 aliphatic heterocycles. The van der Waals surface area contributed by atoms with Gasteiger partial charge in [-0.2, -0.15) is 5.10 Å². The van der Waals surface area contributed by atoms with E-state index >= 15 is 0 Å². The standard InChI is InChI=1S/C23H26ClF2N7O2/c1-12(2)20-13(22(25)26)9-19(30-31-20)28-18-10-17(14(11-34)23(29-18)32-33(3)4)27-16-8-6-7-15(24)21(16)35-5/h6-12,22H,1-5H3,(H3,27,28,29,30,32). The molecule has 35 heavy (non-hydrogen) atoms. The molecule has 0 fully saturated rings. The van der Waals surface area contributed by atoms with E-state index in [0.717, 1.165) is 0 Å². The Balaban J connectivity index is 2.08. The molecule has 0 saturated heterocycles. The molecule has 0 saturated carbocycles. The number of halogens is 3. The van der Waals surface area contributed by atoms with E-state index in [2.05, 4.69) is 31.2 Å². The molecular formula is C23H26ClF2N7O2. The van der Waals surface area contributed by atoms with Crippen LogP contribution in [0.1, 0.15) is 47.8 Å². The van der Waals surface area contributed by atoms with Crippen LogP contribution >= 0.6 is 11.6 Å². The van der Waals surface area contributed by atoms with Crippen molar-refractivity contribution in [2.24, 2.45) is 0 Å². The number of benzene rings is 1. The predicted molar refractivity (Wildman–Crippen MR) is 133 cm³/mol. The number of methoxy groups -OCH3 is 1. The van der Waals surface area contributed by atoms with Crippen LogP contribution in [0.5, 0.6) is 5.75 Å². The third kappa shape index (κ3) is 6.11. The first kappa shape index (κ1) is 26.0. The van der Waals surface area contributed by atoms with Crippen molar-refractivity contribution in [2.75, 3.05) is 37.3 Å². The molecule has 186 valence electrons. The van der Waals surface area contributed by atoms with Crippen LogP contribution in [0.3, 0.4) is 0 Å². The van der Waals surface area contributed by atoms with Crippen LogP contribution in [-0.4, -0.2) is 47.7 Å². The van der Waals surface area contributed by atoms with E-state index < -0.39 is 6.43 Å². The molecule has 0 spiro atoms. The van der Waals surface area contributed by atoms with Crippen LogP contribution in [0.25, 0.3) is 0 Å². The summed E-state index contributed by atoms with van der Waals surface area (Å²) in [6.07, 6.45) is -2.07. The van der Waals surface area contributed by atoms with Crippen molar-refractivity contribution < 1.29 is 18.3 Å². The first-order chi connectivity index (χ1) is 16.6. The Kier molecular flexibility index (Phi) is 8.36. The zero-order valence-electron chi connectivity index (χ0n) is 19.9. The van der Waals surface area contributed by atoms with Gasteiger partial charge in [0, 0.05) is 25.7 Å². The van der Waals surface area contributed by atoms with Crippen molar-refractivity contribution in [1.82, 2.24) is 20.2 Å². The number of carbonyl (C=O) groups excluding carboxylic acids is 1. The lowest BCUT2D eigenvalue weighted by Gasteiger charge is -2.20.